The fourth-order valence-electron chi connectivity index (χ4n) is 1.91. The minimum absolute atomic E-state index is 0.0808. The smallest absolute Gasteiger partial charge is 0.230 e. The molecule has 1 aromatic carbocycles. The van der Waals surface area contributed by atoms with Gasteiger partial charge in [0.1, 0.15) is 17.2 Å². The van der Waals surface area contributed by atoms with Crippen molar-refractivity contribution >= 4 is 28.7 Å². The zero-order valence-corrected chi connectivity index (χ0v) is 12.5. The lowest BCUT2D eigenvalue weighted by Crippen LogP contribution is -2.19. The molecular formula is C14H12FN5OS. The topological polar surface area (TPSA) is 72.7 Å². The highest BCUT2D eigenvalue weighted by molar-refractivity contribution is 8.00. The number of nitrogens with one attached hydrogen (secondary N) is 1. The van der Waals surface area contributed by atoms with Gasteiger partial charge in [-0.3, -0.25) is 4.79 Å². The largest absolute Gasteiger partial charge is 0.358 e. The molecule has 3 rings (SSSR count). The summed E-state index contributed by atoms with van der Waals surface area (Å²) in [5.41, 5.74) is 1.32. The van der Waals surface area contributed by atoms with Gasteiger partial charge >= 0.3 is 0 Å². The van der Waals surface area contributed by atoms with E-state index in [9.17, 15) is 9.18 Å². The van der Waals surface area contributed by atoms with Crippen LogP contribution in [0.5, 0.6) is 0 Å². The first-order valence-electron chi connectivity index (χ1n) is 6.47. The number of carbonyl (C=O) groups is 1. The molecule has 22 heavy (non-hydrogen) atoms. The van der Waals surface area contributed by atoms with E-state index in [4.69, 9.17) is 0 Å². The maximum absolute atomic E-state index is 13.0. The third-order valence-corrected chi connectivity index (χ3v) is 4.02. The van der Waals surface area contributed by atoms with Crippen LogP contribution in [0.2, 0.25) is 0 Å². The highest BCUT2D eigenvalue weighted by Crippen LogP contribution is 2.25. The highest BCUT2D eigenvalue weighted by atomic mass is 32.2. The average Bonchev–Trinajstić information content (AvgIpc) is 2.98. The summed E-state index contributed by atoms with van der Waals surface area (Å²) < 4.78 is 14.6. The van der Waals surface area contributed by atoms with Crippen LogP contribution in [0.4, 0.5) is 4.39 Å². The summed E-state index contributed by atoms with van der Waals surface area (Å²) in [5.74, 6) is -0.121. The minimum atomic E-state index is -0.309. The molecule has 2 heterocycles. The van der Waals surface area contributed by atoms with E-state index in [1.165, 1.54) is 30.2 Å². The van der Waals surface area contributed by atoms with E-state index in [-0.39, 0.29) is 17.5 Å². The molecular weight excluding hydrogens is 305 g/mol. The standard InChI is InChI=1S/C14H12FN5OS/c1-16-12(21)7-22-14-11-6-19-20(13(11)17-8-18-14)10-4-2-9(15)3-5-10/h2-6,8H,7H2,1H3,(H,16,21). The molecule has 0 spiro atoms. The van der Waals surface area contributed by atoms with Crippen molar-refractivity contribution < 1.29 is 9.18 Å². The lowest BCUT2D eigenvalue weighted by atomic mass is 10.3. The minimum Gasteiger partial charge on any atom is -0.358 e. The summed E-state index contributed by atoms with van der Waals surface area (Å²) in [7, 11) is 1.59. The van der Waals surface area contributed by atoms with Crippen molar-refractivity contribution in [3.05, 3.63) is 42.6 Å². The van der Waals surface area contributed by atoms with Crippen LogP contribution in [-0.2, 0) is 4.79 Å². The molecule has 0 bridgehead atoms. The molecule has 0 aliphatic carbocycles. The third kappa shape index (κ3) is 2.77. The summed E-state index contributed by atoms with van der Waals surface area (Å²) in [5, 5.41) is 8.27. The third-order valence-electron chi connectivity index (χ3n) is 3.02. The van der Waals surface area contributed by atoms with Crippen molar-refractivity contribution in [1.82, 2.24) is 25.1 Å². The van der Waals surface area contributed by atoms with Crippen LogP contribution in [0.15, 0.2) is 41.8 Å². The maximum Gasteiger partial charge on any atom is 0.230 e. The van der Waals surface area contributed by atoms with Crippen LogP contribution < -0.4 is 5.32 Å². The van der Waals surface area contributed by atoms with E-state index in [0.717, 1.165) is 5.39 Å². The molecule has 1 N–H and O–H groups in total. The second-order valence-corrected chi connectivity index (χ2v) is 5.37. The second kappa shape index (κ2) is 6.10. The maximum atomic E-state index is 13.0. The zero-order chi connectivity index (χ0) is 15.5. The summed E-state index contributed by atoms with van der Waals surface area (Å²) >= 11 is 1.32. The van der Waals surface area contributed by atoms with Gasteiger partial charge in [-0.05, 0) is 24.3 Å². The quantitative estimate of drug-likeness (QED) is 0.587. The zero-order valence-electron chi connectivity index (χ0n) is 11.7. The van der Waals surface area contributed by atoms with Gasteiger partial charge in [-0.25, -0.2) is 19.0 Å². The Labute approximate surface area is 129 Å². The predicted octanol–water partition coefficient (Wildman–Crippen LogP) is 1.79. The molecule has 0 atom stereocenters. The van der Waals surface area contributed by atoms with E-state index in [0.29, 0.717) is 16.4 Å². The fraction of sp³-hybridized carbons (Fsp3) is 0.143. The van der Waals surface area contributed by atoms with Gasteiger partial charge in [0.25, 0.3) is 0 Å². The van der Waals surface area contributed by atoms with Gasteiger partial charge in [0, 0.05) is 7.05 Å². The van der Waals surface area contributed by atoms with E-state index < -0.39 is 0 Å². The van der Waals surface area contributed by atoms with Gasteiger partial charge in [0.15, 0.2) is 5.65 Å². The van der Waals surface area contributed by atoms with Gasteiger partial charge in [-0.2, -0.15) is 5.10 Å². The molecule has 0 aliphatic rings. The number of halogens is 1. The number of amides is 1. The average molecular weight is 317 g/mol. The number of carbonyl (C=O) groups excluding carboxylic acids is 1. The van der Waals surface area contributed by atoms with Gasteiger partial charge in [-0.15, -0.1) is 0 Å². The number of aromatic nitrogens is 4. The Morgan fingerprint density at radius 1 is 1.32 bits per heavy atom. The van der Waals surface area contributed by atoms with Crippen LogP contribution >= 0.6 is 11.8 Å². The molecule has 8 heteroatoms. The molecule has 0 unspecified atom stereocenters. The SMILES string of the molecule is CNC(=O)CSc1ncnc2c1cnn2-c1ccc(F)cc1. The summed E-state index contributed by atoms with van der Waals surface area (Å²) in [6.45, 7) is 0. The summed E-state index contributed by atoms with van der Waals surface area (Å²) in [6, 6.07) is 5.99. The molecule has 0 radical (unpaired) electrons. The number of thioether (sulfide) groups is 1. The van der Waals surface area contributed by atoms with Gasteiger partial charge < -0.3 is 5.32 Å². The van der Waals surface area contributed by atoms with Gasteiger partial charge in [-0.1, -0.05) is 11.8 Å². The molecule has 0 saturated heterocycles. The van der Waals surface area contributed by atoms with Crippen LogP contribution in [-0.4, -0.2) is 38.5 Å². The van der Waals surface area contributed by atoms with Crippen LogP contribution in [0.3, 0.4) is 0 Å². The summed E-state index contributed by atoms with van der Waals surface area (Å²) in [6.07, 6.45) is 3.07. The number of hydrogen-bond acceptors (Lipinski definition) is 5. The van der Waals surface area contributed by atoms with Crippen molar-refractivity contribution in [1.29, 1.82) is 0 Å². The Morgan fingerprint density at radius 3 is 2.82 bits per heavy atom. The first kappa shape index (κ1) is 14.5. The van der Waals surface area contributed by atoms with E-state index in [1.807, 2.05) is 0 Å². The van der Waals surface area contributed by atoms with Crippen LogP contribution in [0.25, 0.3) is 16.7 Å². The Kier molecular flexibility index (Phi) is 4.01. The molecule has 6 nitrogen and oxygen atoms in total. The van der Waals surface area contributed by atoms with Crippen molar-refractivity contribution in [2.24, 2.45) is 0 Å². The number of nitrogens with zero attached hydrogens (tertiary/aromatic N) is 4. The van der Waals surface area contributed by atoms with Crippen LogP contribution in [0.1, 0.15) is 0 Å². The summed E-state index contributed by atoms with van der Waals surface area (Å²) in [4.78, 5) is 19.8. The van der Waals surface area contributed by atoms with Crippen molar-refractivity contribution in [2.45, 2.75) is 5.03 Å². The van der Waals surface area contributed by atoms with E-state index >= 15 is 0 Å². The Morgan fingerprint density at radius 2 is 2.09 bits per heavy atom. The number of fused-ring (bicyclic) bond motifs is 1. The molecule has 1 amide bonds. The first-order chi connectivity index (χ1) is 10.7. The van der Waals surface area contributed by atoms with Crippen LogP contribution in [0, 0.1) is 5.82 Å². The Hall–Kier alpha value is -2.48. The first-order valence-corrected chi connectivity index (χ1v) is 7.45. The molecule has 2 aromatic heterocycles. The van der Waals surface area contributed by atoms with E-state index in [1.54, 1.807) is 30.1 Å². The molecule has 112 valence electrons. The lowest BCUT2D eigenvalue weighted by Gasteiger charge is -2.04. The lowest BCUT2D eigenvalue weighted by molar-refractivity contribution is -0.118. The number of benzene rings is 1. The van der Waals surface area contributed by atoms with Gasteiger partial charge in [0.2, 0.25) is 5.91 Å². The molecule has 0 fully saturated rings. The molecule has 0 saturated carbocycles. The number of hydrogen-bond donors (Lipinski definition) is 1. The predicted molar refractivity (Wildman–Crippen MR) is 81.4 cm³/mol. The van der Waals surface area contributed by atoms with E-state index in [2.05, 4.69) is 20.4 Å². The molecule has 3 aromatic rings. The highest BCUT2D eigenvalue weighted by Gasteiger charge is 2.12. The monoisotopic (exact) mass is 317 g/mol. The van der Waals surface area contributed by atoms with Crippen molar-refractivity contribution in [2.75, 3.05) is 12.8 Å². The Bertz CT molecular complexity index is 818. The normalized spacial score (nSPS) is 10.8. The number of rotatable bonds is 4. The van der Waals surface area contributed by atoms with Gasteiger partial charge in [0.05, 0.1) is 23.0 Å². The molecule has 0 aliphatic heterocycles. The second-order valence-electron chi connectivity index (χ2n) is 4.41. The Balaban J connectivity index is 1.98. The van der Waals surface area contributed by atoms with Crippen molar-refractivity contribution in [3.8, 4) is 5.69 Å². The van der Waals surface area contributed by atoms with Crippen molar-refractivity contribution in [3.63, 3.8) is 0 Å². The fourth-order valence-corrected chi connectivity index (χ4v) is 2.75.